The number of carbonyl (C=O) groups excluding carboxylic acids is 2. The predicted octanol–water partition coefficient (Wildman–Crippen LogP) is 7.50. The van der Waals surface area contributed by atoms with E-state index in [1.807, 2.05) is 30.9 Å². The van der Waals surface area contributed by atoms with Crippen molar-refractivity contribution in [3.8, 4) is 22.1 Å². The number of esters is 1. The number of carbonyl (C=O) groups is 2. The van der Waals surface area contributed by atoms with E-state index >= 15 is 0 Å². The lowest BCUT2D eigenvalue weighted by atomic mass is 9.88. The van der Waals surface area contributed by atoms with E-state index in [0.717, 1.165) is 71.6 Å². The molecule has 1 saturated carbocycles. The number of halogens is 3. The Labute approximate surface area is 269 Å². The molecule has 0 bridgehead atoms. The minimum absolute atomic E-state index is 0.0653. The molecule has 46 heavy (non-hydrogen) atoms. The number of benzene rings is 1. The van der Waals surface area contributed by atoms with Gasteiger partial charge in [0.25, 0.3) is 0 Å². The van der Waals surface area contributed by atoms with Crippen molar-refractivity contribution in [1.82, 2.24) is 19.7 Å². The third-order valence-electron chi connectivity index (χ3n) is 8.44. The van der Waals surface area contributed by atoms with Crippen LogP contribution < -0.4 is 4.74 Å². The summed E-state index contributed by atoms with van der Waals surface area (Å²) >= 11 is 1.47. The average Bonchev–Trinajstić information content (AvgIpc) is 3.66. The third-order valence-corrected chi connectivity index (χ3v) is 9.55. The predicted molar refractivity (Wildman–Crippen MR) is 167 cm³/mol. The largest absolute Gasteiger partial charge is 0.489 e. The SMILES string of the molecule is CCOC(=O)c1cnn(-c2cccc(-c3sc(C)cc3COc3ccc(C4CCN(C(=O)C5CC5)CC4)cc3C)n2)c1C(F)(F)F. The zero-order chi connectivity index (χ0) is 32.6. The number of nitrogens with zero attached hydrogens (tertiary/aromatic N) is 4. The molecule has 2 fully saturated rings. The molecule has 1 amide bonds. The Morgan fingerprint density at radius 2 is 1.80 bits per heavy atom. The molecule has 1 aliphatic carbocycles. The zero-order valence-electron chi connectivity index (χ0n) is 25.9. The molecule has 1 aliphatic heterocycles. The van der Waals surface area contributed by atoms with Gasteiger partial charge < -0.3 is 14.4 Å². The maximum absolute atomic E-state index is 14.1. The summed E-state index contributed by atoms with van der Waals surface area (Å²) in [6, 6.07) is 13.0. The number of ether oxygens (including phenoxy) is 2. The van der Waals surface area contributed by atoms with Gasteiger partial charge in [-0.25, -0.2) is 14.5 Å². The van der Waals surface area contributed by atoms with Crippen LogP contribution in [0.3, 0.4) is 0 Å². The van der Waals surface area contributed by atoms with Gasteiger partial charge in [-0.3, -0.25) is 4.79 Å². The van der Waals surface area contributed by atoms with Crippen LogP contribution in [0.5, 0.6) is 5.75 Å². The molecule has 0 atom stereocenters. The summed E-state index contributed by atoms with van der Waals surface area (Å²) in [4.78, 5) is 33.0. The fourth-order valence-electron chi connectivity index (χ4n) is 5.98. The van der Waals surface area contributed by atoms with Crippen molar-refractivity contribution >= 4 is 23.2 Å². The van der Waals surface area contributed by atoms with Crippen molar-refractivity contribution in [2.45, 2.75) is 65.2 Å². The van der Waals surface area contributed by atoms with Crippen molar-refractivity contribution in [2.24, 2.45) is 5.92 Å². The number of rotatable bonds is 9. The second kappa shape index (κ2) is 12.9. The first-order chi connectivity index (χ1) is 22.0. The molecule has 4 heterocycles. The third kappa shape index (κ3) is 6.67. The lowest BCUT2D eigenvalue weighted by Gasteiger charge is -2.32. The van der Waals surface area contributed by atoms with E-state index in [1.165, 1.54) is 29.9 Å². The highest BCUT2D eigenvalue weighted by Crippen LogP contribution is 2.38. The number of thiophene rings is 1. The number of pyridine rings is 1. The standard InChI is InChI=1S/C34H35F3N4O4S/c1-4-44-33(43)26-18-38-41(31(26)34(35,36)37)29-7-5-6-27(39-29)30-25(17-21(3)46-30)19-45-28-11-10-24(16-20(28)2)22-12-14-40(15-13-22)32(42)23-8-9-23/h5-7,10-11,16-18,22-23H,4,8-9,12-15,19H2,1-3H3. The summed E-state index contributed by atoms with van der Waals surface area (Å²) in [6.07, 6.45) is -0.0427. The van der Waals surface area contributed by atoms with E-state index in [1.54, 1.807) is 12.1 Å². The highest BCUT2D eigenvalue weighted by molar-refractivity contribution is 7.15. The van der Waals surface area contributed by atoms with Crippen molar-refractivity contribution in [3.63, 3.8) is 0 Å². The number of hydrogen-bond acceptors (Lipinski definition) is 7. The Kier molecular flexibility index (Phi) is 8.91. The first kappa shape index (κ1) is 31.8. The topological polar surface area (TPSA) is 86.5 Å². The van der Waals surface area contributed by atoms with Gasteiger partial charge in [-0.2, -0.15) is 18.3 Å². The minimum atomic E-state index is -4.87. The molecule has 2 aliphatic rings. The summed E-state index contributed by atoms with van der Waals surface area (Å²) in [7, 11) is 0. The minimum Gasteiger partial charge on any atom is -0.489 e. The number of alkyl halides is 3. The van der Waals surface area contributed by atoms with Crippen LogP contribution in [0.1, 0.15) is 76.1 Å². The van der Waals surface area contributed by atoms with Crippen LogP contribution >= 0.6 is 11.3 Å². The van der Waals surface area contributed by atoms with E-state index in [2.05, 4.69) is 22.2 Å². The molecule has 0 N–H and O–H groups in total. The molecule has 4 aromatic rings. The maximum atomic E-state index is 14.1. The van der Waals surface area contributed by atoms with Crippen molar-refractivity contribution in [3.05, 3.63) is 81.5 Å². The van der Waals surface area contributed by atoms with Crippen molar-refractivity contribution < 1.29 is 32.2 Å². The number of aryl methyl sites for hydroxylation is 2. The van der Waals surface area contributed by atoms with Crippen LogP contribution in [0, 0.1) is 19.8 Å². The molecular formula is C34H35F3N4O4S. The first-order valence-electron chi connectivity index (χ1n) is 15.4. The molecule has 12 heteroatoms. The summed E-state index contributed by atoms with van der Waals surface area (Å²) in [5.41, 5.74) is 1.68. The summed E-state index contributed by atoms with van der Waals surface area (Å²) in [6.45, 7) is 7.27. The monoisotopic (exact) mass is 652 g/mol. The number of likely N-dealkylation sites (tertiary alicyclic amines) is 1. The molecule has 1 saturated heterocycles. The number of piperidine rings is 1. The molecule has 0 unspecified atom stereocenters. The number of aromatic nitrogens is 3. The highest BCUT2D eigenvalue weighted by Gasteiger charge is 2.41. The summed E-state index contributed by atoms with van der Waals surface area (Å²) in [5.74, 6) is 0.555. The van der Waals surface area contributed by atoms with Crippen LogP contribution in [0.15, 0.2) is 48.7 Å². The lowest BCUT2D eigenvalue weighted by Crippen LogP contribution is -2.38. The van der Waals surface area contributed by atoms with E-state index in [-0.39, 0.29) is 24.9 Å². The van der Waals surface area contributed by atoms with E-state index in [0.29, 0.717) is 22.2 Å². The quantitative estimate of drug-likeness (QED) is 0.174. The van der Waals surface area contributed by atoms with E-state index < -0.39 is 23.4 Å². The maximum Gasteiger partial charge on any atom is 0.434 e. The second-order valence-corrected chi connectivity index (χ2v) is 13.1. The smallest absolute Gasteiger partial charge is 0.434 e. The summed E-state index contributed by atoms with van der Waals surface area (Å²) in [5, 5.41) is 3.86. The Balaban J connectivity index is 1.18. The summed E-state index contributed by atoms with van der Waals surface area (Å²) < 4.78 is 54.0. The second-order valence-electron chi connectivity index (χ2n) is 11.8. The average molecular weight is 653 g/mol. The van der Waals surface area contributed by atoms with Gasteiger partial charge in [0, 0.05) is 29.4 Å². The molecule has 242 valence electrons. The van der Waals surface area contributed by atoms with Crippen LogP contribution in [0.4, 0.5) is 13.2 Å². The molecule has 3 aromatic heterocycles. The number of hydrogen-bond donors (Lipinski definition) is 0. The molecule has 8 nitrogen and oxygen atoms in total. The zero-order valence-corrected chi connectivity index (χ0v) is 26.7. The van der Waals surface area contributed by atoms with E-state index in [9.17, 15) is 22.8 Å². The Bertz CT molecular complexity index is 1750. The molecule has 6 rings (SSSR count). The van der Waals surface area contributed by atoms with Crippen LogP contribution in [-0.2, 0) is 22.3 Å². The fourth-order valence-corrected chi connectivity index (χ4v) is 6.97. The van der Waals surface area contributed by atoms with Gasteiger partial charge in [0.1, 0.15) is 17.9 Å². The van der Waals surface area contributed by atoms with Gasteiger partial charge in [-0.05, 0) is 87.8 Å². The first-order valence-corrected chi connectivity index (χ1v) is 16.3. The Morgan fingerprint density at radius 3 is 2.48 bits per heavy atom. The molecular weight excluding hydrogens is 617 g/mol. The van der Waals surface area contributed by atoms with Crippen LogP contribution in [-0.4, -0.2) is 51.2 Å². The van der Waals surface area contributed by atoms with Crippen LogP contribution in [0.2, 0.25) is 0 Å². The van der Waals surface area contributed by atoms with Gasteiger partial charge >= 0.3 is 12.1 Å². The molecule has 1 aromatic carbocycles. The van der Waals surface area contributed by atoms with E-state index in [4.69, 9.17) is 9.47 Å². The van der Waals surface area contributed by atoms with Gasteiger partial charge in [-0.1, -0.05) is 18.2 Å². The Morgan fingerprint density at radius 1 is 1.04 bits per heavy atom. The van der Waals surface area contributed by atoms with Gasteiger partial charge in [0.15, 0.2) is 11.5 Å². The molecule has 0 spiro atoms. The van der Waals surface area contributed by atoms with Crippen molar-refractivity contribution in [1.29, 1.82) is 0 Å². The van der Waals surface area contributed by atoms with Crippen LogP contribution in [0.25, 0.3) is 16.4 Å². The lowest BCUT2D eigenvalue weighted by molar-refractivity contribution is -0.143. The van der Waals surface area contributed by atoms with Gasteiger partial charge in [0.2, 0.25) is 5.91 Å². The highest BCUT2D eigenvalue weighted by atomic mass is 32.1. The van der Waals surface area contributed by atoms with Gasteiger partial charge in [-0.15, -0.1) is 11.3 Å². The fraction of sp³-hybridized carbons (Fsp3) is 0.412. The molecule has 0 radical (unpaired) electrons. The van der Waals surface area contributed by atoms with Crippen molar-refractivity contribution in [2.75, 3.05) is 19.7 Å². The Hall–Kier alpha value is -4.19. The van der Waals surface area contributed by atoms with Gasteiger partial charge in [0.05, 0.1) is 23.4 Å². The number of amides is 1. The normalized spacial score (nSPS) is 15.7.